The second-order valence-corrected chi connectivity index (χ2v) is 5.01. The van der Waals surface area contributed by atoms with Crippen LogP contribution in [0.5, 0.6) is 0 Å². The highest BCUT2D eigenvalue weighted by atomic mass is 35.5. The van der Waals surface area contributed by atoms with Crippen molar-refractivity contribution in [2.75, 3.05) is 0 Å². The summed E-state index contributed by atoms with van der Waals surface area (Å²) < 4.78 is 5.23. The lowest BCUT2D eigenvalue weighted by atomic mass is 10.1. The summed E-state index contributed by atoms with van der Waals surface area (Å²) in [5, 5.41) is 7.84. The number of halogens is 1. The van der Waals surface area contributed by atoms with E-state index >= 15 is 0 Å². The number of aromatic nitrogens is 2. The summed E-state index contributed by atoms with van der Waals surface area (Å²) in [6.45, 7) is 6.72. The molecule has 0 aliphatic heterocycles. The van der Waals surface area contributed by atoms with E-state index in [1.54, 1.807) is 0 Å². The van der Waals surface area contributed by atoms with Crippen LogP contribution in [0.2, 0.25) is 5.02 Å². The van der Waals surface area contributed by atoms with Gasteiger partial charge in [0.2, 0.25) is 0 Å². The summed E-state index contributed by atoms with van der Waals surface area (Å²) in [5.74, 6) is 1.15. The quantitative estimate of drug-likeness (QED) is 0.922. The van der Waals surface area contributed by atoms with E-state index in [-0.39, 0.29) is 0 Å². The van der Waals surface area contributed by atoms with Crippen molar-refractivity contribution in [3.05, 3.63) is 34.6 Å². The molecule has 0 amide bonds. The zero-order valence-corrected chi connectivity index (χ0v) is 11.5. The molecule has 0 spiro atoms. The highest BCUT2D eigenvalue weighted by molar-refractivity contribution is 6.30. The fraction of sp³-hybridized carbons (Fsp3) is 0.385. The molecule has 1 aromatic heterocycles. The molecule has 0 radical (unpaired) electrons. The van der Waals surface area contributed by atoms with Gasteiger partial charge in [-0.25, -0.2) is 0 Å². The standard InChI is InChI=1S/C13H16ClN3O/c1-8(2)15-7-12-16-13(18-17-12)10-4-9(3)5-11(14)6-10/h4-6,8,15H,7H2,1-3H3. The maximum absolute atomic E-state index is 6.01. The summed E-state index contributed by atoms with van der Waals surface area (Å²) in [5.41, 5.74) is 1.92. The van der Waals surface area contributed by atoms with Crippen LogP contribution in [0.3, 0.4) is 0 Å². The van der Waals surface area contributed by atoms with Gasteiger partial charge in [0.25, 0.3) is 5.89 Å². The van der Waals surface area contributed by atoms with Gasteiger partial charge in [0.05, 0.1) is 6.54 Å². The zero-order chi connectivity index (χ0) is 13.1. The molecule has 18 heavy (non-hydrogen) atoms. The van der Waals surface area contributed by atoms with Crippen molar-refractivity contribution in [3.8, 4) is 11.5 Å². The summed E-state index contributed by atoms with van der Waals surface area (Å²) >= 11 is 6.01. The molecule has 4 nitrogen and oxygen atoms in total. The molecule has 0 aliphatic carbocycles. The van der Waals surface area contributed by atoms with Gasteiger partial charge >= 0.3 is 0 Å². The van der Waals surface area contributed by atoms with Crippen molar-refractivity contribution in [2.24, 2.45) is 0 Å². The van der Waals surface area contributed by atoms with Crippen LogP contribution in [-0.2, 0) is 6.54 Å². The molecule has 0 aliphatic rings. The Balaban J connectivity index is 2.18. The highest BCUT2D eigenvalue weighted by Gasteiger charge is 2.10. The third-order valence-corrected chi connectivity index (χ3v) is 2.64. The van der Waals surface area contributed by atoms with Crippen molar-refractivity contribution >= 4 is 11.6 Å². The number of benzene rings is 1. The first-order valence-electron chi connectivity index (χ1n) is 5.88. The van der Waals surface area contributed by atoms with Gasteiger partial charge in [0.15, 0.2) is 5.82 Å². The maximum atomic E-state index is 6.01. The van der Waals surface area contributed by atoms with Crippen LogP contribution in [0.25, 0.3) is 11.5 Å². The fourth-order valence-corrected chi connectivity index (χ4v) is 1.89. The predicted octanol–water partition coefficient (Wildman–Crippen LogP) is 3.20. The van der Waals surface area contributed by atoms with E-state index in [1.165, 1.54) is 0 Å². The lowest BCUT2D eigenvalue weighted by Gasteiger charge is -2.03. The molecular weight excluding hydrogens is 250 g/mol. The monoisotopic (exact) mass is 265 g/mol. The molecule has 0 fully saturated rings. The number of hydrogen-bond acceptors (Lipinski definition) is 4. The van der Waals surface area contributed by atoms with E-state index < -0.39 is 0 Å². The molecule has 1 aromatic carbocycles. The fourth-order valence-electron chi connectivity index (χ4n) is 1.60. The molecule has 0 bridgehead atoms. The van der Waals surface area contributed by atoms with Gasteiger partial charge in [-0.1, -0.05) is 30.6 Å². The summed E-state index contributed by atoms with van der Waals surface area (Å²) in [6, 6.07) is 6.07. The Kier molecular flexibility index (Phi) is 3.99. The first-order valence-corrected chi connectivity index (χ1v) is 6.26. The van der Waals surface area contributed by atoms with Crippen LogP contribution in [0.4, 0.5) is 0 Å². The summed E-state index contributed by atoms with van der Waals surface area (Å²) in [6.07, 6.45) is 0. The molecule has 0 unspecified atom stereocenters. The number of rotatable bonds is 4. The van der Waals surface area contributed by atoms with Gasteiger partial charge in [-0.15, -0.1) is 0 Å². The molecule has 96 valence electrons. The Labute approximate surface area is 111 Å². The molecule has 0 atom stereocenters. The Morgan fingerprint density at radius 1 is 1.33 bits per heavy atom. The van der Waals surface area contributed by atoms with E-state index in [1.807, 2.05) is 25.1 Å². The van der Waals surface area contributed by atoms with E-state index in [0.717, 1.165) is 11.1 Å². The van der Waals surface area contributed by atoms with E-state index in [4.69, 9.17) is 16.1 Å². The van der Waals surface area contributed by atoms with E-state index in [0.29, 0.717) is 29.3 Å². The van der Waals surface area contributed by atoms with Crippen molar-refractivity contribution in [2.45, 2.75) is 33.4 Å². The Morgan fingerprint density at radius 2 is 2.11 bits per heavy atom. The van der Waals surface area contributed by atoms with Crippen molar-refractivity contribution in [1.82, 2.24) is 15.5 Å². The number of nitrogens with one attached hydrogen (secondary N) is 1. The second kappa shape index (κ2) is 5.50. The third-order valence-electron chi connectivity index (χ3n) is 2.43. The van der Waals surface area contributed by atoms with Gasteiger partial charge in [-0.2, -0.15) is 4.98 Å². The van der Waals surface area contributed by atoms with Crippen molar-refractivity contribution in [3.63, 3.8) is 0 Å². The minimum absolute atomic E-state index is 0.389. The van der Waals surface area contributed by atoms with E-state index in [9.17, 15) is 0 Å². The molecule has 0 saturated heterocycles. The Morgan fingerprint density at radius 3 is 2.78 bits per heavy atom. The van der Waals surface area contributed by atoms with Gasteiger partial charge in [-0.05, 0) is 30.7 Å². The second-order valence-electron chi connectivity index (χ2n) is 4.57. The number of aryl methyl sites for hydroxylation is 1. The van der Waals surface area contributed by atoms with E-state index in [2.05, 4.69) is 29.3 Å². The molecule has 1 N–H and O–H groups in total. The van der Waals surface area contributed by atoms with Crippen LogP contribution >= 0.6 is 11.6 Å². The van der Waals surface area contributed by atoms with Crippen LogP contribution in [-0.4, -0.2) is 16.2 Å². The molecule has 0 saturated carbocycles. The smallest absolute Gasteiger partial charge is 0.258 e. The van der Waals surface area contributed by atoms with Crippen molar-refractivity contribution in [1.29, 1.82) is 0 Å². The summed E-state index contributed by atoms with van der Waals surface area (Å²) in [7, 11) is 0. The minimum atomic E-state index is 0.389. The average Bonchev–Trinajstić information content (AvgIpc) is 2.73. The highest BCUT2D eigenvalue weighted by Crippen LogP contribution is 2.23. The predicted molar refractivity (Wildman–Crippen MR) is 71.5 cm³/mol. The van der Waals surface area contributed by atoms with Gasteiger partial charge in [-0.3, -0.25) is 0 Å². The number of hydrogen-bond donors (Lipinski definition) is 1. The zero-order valence-electron chi connectivity index (χ0n) is 10.7. The Bertz CT molecular complexity index is 517. The van der Waals surface area contributed by atoms with Crippen LogP contribution < -0.4 is 5.32 Å². The van der Waals surface area contributed by atoms with Crippen LogP contribution in [0.1, 0.15) is 25.2 Å². The van der Waals surface area contributed by atoms with Crippen LogP contribution in [0, 0.1) is 6.92 Å². The summed E-state index contributed by atoms with van der Waals surface area (Å²) in [4.78, 5) is 4.34. The average molecular weight is 266 g/mol. The van der Waals surface area contributed by atoms with Gasteiger partial charge < -0.3 is 9.84 Å². The molecule has 1 heterocycles. The first kappa shape index (κ1) is 13.1. The molecule has 5 heteroatoms. The molecule has 2 rings (SSSR count). The lowest BCUT2D eigenvalue weighted by Crippen LogP contribution is -2.22. The van der Waals surface area contributed by atoms with Gasteiger partial charge in [0.1, 0.15) is 0 Å². The molecule has 2 aromatic rings. The third kappa shape index (κ3) is 3.31. The topological polar surface area (TPSA) is 51.0 Å². The first-order chi connectivity index (χ1) is 8.54. The maximum Gasteiger partial charge on any atom is 0.258 e. The van der Waals surface area contributed by atoms with Crippen molar-refractivity contribution < 1.29 is 4.52 Å². The largest absolute Gasteiger partial charge is 0.334 e. The minimum Gasteiger partial charge on any atom is -0.334 e. The molecular formula is C13H16ClN3O. The van der Waals surface area contributed by atoms with Crippen LogP contribution in [0.15, 0.2) is 22.7 Å². The Hall–Kier alpha value is -1.39. The van der Waals surface area contributed by atoms with Gasteiger partial charge in [0, 0.05) is 16.6 Å². The normalized spacial score (nSPS) is 11.2. The lowest BCUT2D eigenvalue weighted by molar-refractivity contribution is 0.417. The number of nitrogens with zero attached hydrogens (tertiary/aromatic N) is 2. The SMILES string of the molecule is Cc1cc(Cl)cc(-c2nc(CNC(C)C)no2)c1.